The van der Waals surface area contributed by atoms with E-state index in [1.165, 1.54) is 30.3 Å². The third-order valence-electron chi connectivity index (χ3n) is 6.78. The molecule has 0 fully saturated rings. The summed E-state index contributed by atoms with van der Waals surface area (Å²) in [6.45, 7) is 0. The number of carbonyl (C=O) groups excluding carboxylic acids is 2. The van der Waals surface area contributed by atoms with Crippen molar-refractivity contribution in [3.05, 3.63) is 111 Å². The van der Waals surface area contributed by atoms with Crippen LogP contribution in [0.1, 0.15) is 62.0 Å². The molecule has 0 spiro atoms. The van der Waals surface area contributed by atoms with Crippen molar-refractivity contribution in [3.8, 4) is 11.3 Å². The fourth-order valence-corrected chi connectivity index (χ4v) is 5.13. The lowest BCUT2D eigenvalue weighted by molar-refractivity contribution is -0.137. The van der Waals surface area contributed by atoms with E-state index in [-0.39, 0.29) is 27.4 Å². The van der Waals surface area contributed by atoms with Gasteiger partial charge >= 0.3 is 6.18 Å². The normalized spacial score (nSPS) is 14.1. The minimum Gasteiger partial charge on any atom is -0.380 e. The summed E-state index contributed by atoms with van der Waals surface area (Å²) in [5.74, 6) is -2.46. The molecule has 0 amide bonds. The zero-order valence-corrected chi connectivity index (χ0v) is 21.1. The number of hydrogen-bond acceptors (Lipinski definition) is 4. The van der Waals surface area contributed by atoms with Crippen LogP contribution in [0.25, 0.3) is 11.3 Å². The number of benzene rings is 3. The van der Waals surface area contributed by atoms with Gasteiger partial charge in [-0.3, -0.25) is 9.59 Å². The number of rotatable bonds is 5. The van der Waals surface area contributed by atoms with E-state index in [1.807, 2.05) is 0 Å². The van der Waals surface area contributed by atoms with Crippen LogP contribution in [0.3, 0.4) is 0 Å². The van der Waals surface area contributed by atoms with Crippen LogP contribution in [0.2, 0.25) is 5.02 Å². The molecule has 0 bridgehead atoms. The van der Waals surface area contributed by atoms with E-state index >= 15 is 4.39 Å². The first kappa shape index (κ1) is 26.8. The number of alkyl halides is 3. The Morgan fingerprint density at radius 3 is 2.38 bits per heavy atom. The third kappa shape index (κ3) is 4.99. The van der Waals surface area contributed by atoms with Crippen LogP contribution in [0.15, 0.2) is 66.7 Å². The van der Waals surface area contributed by atoms with Crippen molar-refractivity contribution in [1.82, 2.24) is 9.78 Å². The van der Waals surface area contributed by atoms with Gasteiger partial charge < -0.3 is 5.11 Å². The van der Waals surface area contributed by atoms with Gasteiger partial charge in [0.05, 0.1) is 27.5 Å². The number of Topliss-reactive ketones (excluding diaryl/α,β-unsaturated/α-hetero) is 1. The van der Waals surface area contributed by atoms with E-state index in [0.29, 0.717) is 30.5 Å². The Morgan fingerprint density at radius 2 is 1.69 bits per heavy atom. The fraction of sp³-hybridized carbons (Fsp3) is 0.207. The van der Waals surface area contributed by atoms with Crippen molar-refractivity contribution in [2.75, 3.05) is 0 Å². The second-order valence-electron chi connectivity index (χ2n) is 9.23. The lowest BCUT2D eigenvalue weighted by atomic mass is 9.92. The van der Waals surface area contributed by atoms with E-state index < -0.39 is 40.9 Å². The van der Waals surface area contributed by atoms with Crippen LogP contribution in [0, 0.1) is 5.82 Å². The molecule has 0 saturated carbocycles. The number of aromatic nitrogens is 2. The molecule has 1 aliphatic rings. The number of aliphatic hydroxyl groups is 1. The fourth-order valence-electron chi connectivity index (χ4n) is 4.87. The van der Waals surface area contributed by atoms with Gasteiger partial charge in [0.25, 0.3) is 5.91 Å². The number of ketones is 1. The molecule has 0 aliphatic heterocycles. The highest BCUT2D eigenvalue weighted by Crippen LogP contribution is 2.38. The minimum atomic E-state index is -4.83. The zero-order valence-electron chi connectivity index (χ0n) is 20.3. The number of hydrogen-bond donors (Lipinski definition) is 1. The molecule has 0 saturated heterocycles. The summed E-state index contributed by atoms with van der Waals surface area (Å²) in [6.07, 6.45) is -4.22. The second-order valence-corrected chi connectivity index (χ2v) is 9.64. The Hall–Kier alpha value is -3.82. The van der Waals surface area contributed by atoms with Gasteiger partial charge in [0.15, 0.2) is 5.78 Å². The average molecular weight is 557 g/mol. The standard InChI is InChI=1S/C29H21ClF4N2O3/c30-21-11-6-10-20(29(32,33)34)24(21)28(39)36-23-12-5-4-9-19(23)25(35-36)18-14-13-17(15-22(18)31)27(38)26(37)16-7-2-1-3-8-16/h1-3,6-8,10-11,13-15,27,38H,4-5,9,12H2. The first-order chi connectivity index (χ1) is 18.6. The second kappa shape index (κ2) is 10.4. The minimum absolute atomic E-state index is 0.00184. The van der Waals surface area contributed by atoms with Crippen LogP contribution in [0.5, 0.6) is 0 Å². The van der Waals surface area contributed by atoms with Gasteiger partial charge in [-0.05, 0) is 55.5 Å². The van der Waals surface area contributed by atoms with E-state index in [2.05, 4.69) is 5.10 Å². The highest BCUT2D eigenvalue weighted by Gasteiger charge is 2.38. The summed E-state index contributed by atoms with van der Waals surface area (Å²) < 4.78 is 57.4. The molecule has 1 aromatic heterocycles. The maximum atomic E-state index is 15.4. The van der Waals surface area contributed by atoms with Crippen molar-refractivity contribution < 1.29 is 32.3 Å². The van der Waals surface area contributed by atoms with Crippen LogP contribution >= 0.6 is 11.6 Å². The Labute approximate surface area is 225 Å². The molecular weight excluding hydrogens is 536 g/mol. The number of aliphatic hydroxyl groups excluding tert-OH is 1. The Kier molecular flexibility index (Phi) is 7.13. The molecule has 4 aromatic rings. The molecule has 1 N–H and O–H groups in total. The molecule has 0 radical (unpaired) electrons. The SMILES string of the molecule is O=C(c1ccccc1)C(O)c1ccc(-c2nn(C(=O)c3c(Cl)cccc3C(F)(F)F)c3c2CCCC3)c(F)c1. The van der Waals surface area contributed by atoms with Crippen LogP contribution in [0.4, 0.5) is 17.6 Å². The highest BCUT2D eigenvalue weighted by molar-refractivity contribution is 6.34. The van der Waals surface area contributed by atoms with Gasteiger partial charge in [0, 0.05) is 16.7 Å². The molecule has 5 nitrogen and oxygen atoms in total. The predicted molar refractivity (Wildman–Crippen MR) is 136 cm³/mol. The summed E-state index contributed by atoms with van der Waals surface area (Å²) in [5.41, 5.74) is -0.551. The number of nitrogens with zero attached hydrogens (tertiary/aromatic N) is 2. The molecule has 39 heavy (non-hydrogen) atoms. The Morgan fingerprint density at radius 1 is 0.974 bits per heavy atom. The predicted octanol–water partition coefficient (Wildman–Crippen LogP) is 6.85. The van der Waals surface area contributed by atoms with Gasteiger partial charge in [-0.15, -0.1) is 0 Å². The monoisotopic (exact) mass is 556 g/mol. The van der Waals surface area contributed by atoms with Crippen LogP contribution in [-0.4, -0.2) is 26.6 Å². The topological polar surface area (TPSA) is 72.2 Å². The molecule has 3 aromatic carbocycles. The number of halogens is 5. The molecule has 200 valence electrons. The quantitative estimate of drug-likeness (QED) is 0.216. The van der Waals surface area contributed by atoms with Gasteiger partial charge in [-0.2, -0.15) is 23.0 Å². The number of carbonyl (C=O) groups is 2. The van der Waals surface area contributed by atoms with Gasteiger partial charge in [0.2, 0.25) is 0 Å². The van der Waals surface area contributed by atoms with Gasteiger partial charge in [0.1, 0.15) is 11.9 Å². The summed E-state index contributed by atoms with van der Waals surface area (Å²) in [6, 6.07) is 14.9. The Balaban J connectivity index is 1.56. The maximum absolute atomic E-state index is 15.4. The van der Waals surface area contributed by atoms with E-state index in [1.54, 1.807) is 18.2 Å². The summed E-state index contributed by atoms with van der Waals surface area (Å²) in [5, 5.41) is 14.5. The molecule has 1 heterocycles. The van der Waals surface area contributed by atoms with Gasteiger partial charge in [-0.25, -0.2) is 4.39 Å². The molecule has 1 unspecified atom stereocenters. The Bertz CT molecular complexity index is 1580. The molecular formula is C29H21ClF4N2O3. The summed E-state index contributed by atoms with van der Waals surface area (Å²) >= 11 is 6.06. The van der Waals surface area contributed by atoms with E-state index in [9.17, 15) is 27.9 Å². The summed E-state index contributed by atoms with van der Waals surface area (Å²) in [7, 11) is 0. The molecule has 10 heteroatoms. The zero-order chi connectivity index (χ0) is 27.9. The third-order valence-corrected chi connectivity index (χ3v) is 7.09. The average Bonchev–Trinajstić information content (AvgIpc) is 3.31. The lowest BCUT2D eigenvalue weighted by Gasteiger charge is -2.16. The first-order valence-electron chi connectivity index (χ1n) is 12.2. The lowest BCUT2D eigenvalue weighted by Crippen LogP contribution is -2.22. The van der Waals surface area contributed by atoms with Crippen LogP contribution in [-0.2, 0) is 19.0 Å². The largest absolute Gasteiger partial charge is 0.417 e. The number of fused-ring (bicyclic) bond motifs is 1. The van der Waals surface area contributed by atoms with Crippen molar-refractivity contribution in [2.24, 2.45) is 0 Å². The van der Waals surface area contributed by atoms with Crippen molar-refractivity contribution in [2.45, 2.75) is 38.0 Å². The van der Waals surface area contributed by atoms with Crippen molar-refractivity contribution >= 4 is 23.3 Å². The van der Waals surface area contributed by atoms with E-state index in [0.717, 1.165) is 29.3 Å². The van der Waals surface area contributed by atoms with E-state index in [4.69, 9.17) is 11.6 Å². The summed E-state index contributed by atoms with van der Waals surface area (Å²) in [4.78, 5) is 26.1. The molecule has 1 atom stereocenters. The van der Waals surface area contributed by atoms with Gasteiger partial charge in [-0.1, -0.05) is 54.1 Å². The van der Waals surface area contributed by atoms with Crippen molar-refractivity contribution in [1.29, 1.82) is 0 Å². The van der Waals surface area contributed by atoms with Crippen LogP contribution < -0.4 is 0 Å². The highest BCUT2D eigenvalue weighted by atomic mass is 35.5. The maximum Gasteiger partial charge on any atom is 0.417 e. The van der Waals surface area contributed by atoms with Crippen molar-refractivity contribution in [3.63, 3.8) is 0 Å². The first-order valence-corrected chi connectivity index (χ1v) is 12.5. The molecule has 5 rings (SSSR count). The smallest absolute Gasteiger partial charge is 0.380 e. The molecule has 1 aliphatic carbocycles.